The lowest BCUT2D eigenvalue weighted by Gasteiger charge is -2.23. The molecule has 1 amide bonds. The number of nitrogens with zero attached hydrogens (tertiary/aromatic N) is 3. The van der Waals surface area contributed by atoms with Crippen LogP contribution in [0.3, 0.4) is 0 Å². The van der Waals surface area contributed by atoms with Crippen LogP contribution in [0, 0.1) is 0 Å². The van der Waals surface area contributed by atoms with Crippen LogP contribution in [0.5, 0.6) is 0 Å². The van der Waals surface area contributed by atoms with E-state index in [0.717, 1.165) is 17.5 Å². The summed E-state index contributed by atoms with van der Waals surface area (Å²) in [4.78, 5) is 26.2. The fourth-order valence-corrected chi connectivity index (χ4v) is 4.28. The number of hydrogen-bond donors (Lipinski definition) is 1. The van der Waals surface area contributed by atoms with Gasteiger partial charge >= 0.3 is 0 Å². The van der Waals surface area contributed by atoms with Gasteiger partial charge in [-0.1, -0.05) is 38.3 Å². The van der Waals surface area contributed by atoms with E-state index in [0.29, 0.717) is 16.6 Å². The lowest BCUT2D eigenvalue weighted by atomic mass is 9.83. The first-order valence-electron chi connectivity index (χ1n) is 9.24. The smallest absolute Gasteiger partial charge is 0.268 e. The number of thiazole rings is 1. The first-order valence-corrected chi connectivity index (χ1v) is 10.1. The molecule has 3 aromatic rings. The van der Waals surface area contributed by atoms with E-state index in [9.17, 15) is 4.79 Å². The molecule has 0 radical (unpaired) electrons. The van der Waals surface area contributed by atoms with Crippen LogP contribution in [-0.2, 0) is 6.42 Å². The molecule has 2 heterocycles. The van der Waals surface area contributed by atoms with Crippen molar-refractivity contribution in [3.8, 4) is 0 Å². The van der Waals surface area contributed by atoms with Crippen LogP contribution in [0.15, 0.2) is 30.0 Å². The predicted molar refractivity (Wildman–Crippen MR) is 105 cm³/mol. The maximum atomic E-state index is 12.3. The second-order valence-electron chi connectivity index (χ2n) is 6.77. The second-order valence-corrected chi connectivity index (χ2v) is 7.66. The van der Waals surface area contributed by atoms with E-state index < -0.39 is 0 Å². The van der Waals surface area contributed by atoms with Crippen molar-refractivity contribution >= 4 is 34.1 Å². The molecule has 6 heteroatoms. The summed E-state index contributed by atoms with van der Waals surface area (Å²) >= 11 is 1.31. The van der Waals surface area contributed by atoms with Gasteiger partial charge in [0, 0.05) is 0 Å². The Bertz CT molecular complexity index is 917. The fraction of sp³-hybridized carbons (Fsp3) is 0.400. The Morgan fingerprint density at radius 1 is 1.19 bits per heavy atom. The number of benzene rings is 1. The highest BCUT2D eigenvalue weighted by Gasteiger charge is 2.20. The maximum absolute atomic E-state index is 12.3. The van der Waals surface area contributed by atoms with E-state index in [-0.39, 0.29) is 5.91 Å². The molecule has 0 atom stereocenters. The number of nitrogens with one attached hydrogen (secondary N) is 1. The average Bonchev–Trinajstić information content (AvgIpc) is 3.23. The molecule has 1 N–H and O–H groups in total. The molecule has 134 valence electrons. The Hall–Kier alpha value is -2.34. The number of carbonyl (C=O) groups is 1. The lowest BCUT2D eigenvalue weighted by Crippen LogP contribution is -2.12. The van der Waals surface area contributed by atoms with Gasteiger partial charge in [-0.15, -0.1) is 11.3 Å². The van der Waals surface area contributed by atoms with E-state index in [4.69, 9.17) is 9.97 Å². The van der Waals surface area contributed by atoms with Crippen molar-refractivity contribution in [1.82, 2.24) is 15.0 Å². The molecule has 0 aliphatic heterocycles. The van der Waals surface area contributed by atoms with Crippen LogP contribution in [0.2, 0.25) is 0 Å². The number of anilines is 1. The van der Waals surface area contributed by atoms with Crippen molar-refractivity contribution in [3.05, 3.63) is 46.0 Å². The van der Waals surface area contributed by atoms with Gasteiger partial charge < -0.3 is 5.32 Å². The molecule has 0 saturated heterocycles. The van der Waals surface area contributed by atoms with Gasteiger partial charge in [-0.05, 0) is 36.3 Å². The molecule has 1 fully saturated rings. The number of amides is 1. The summed E-state index contributed by atoms with van der Waals surface area (Å²) < 4.78 is 0. The van der Waals surface area contributed by atoms with E-state index in [2.05, 4.69) is 29.4 Å². The van der Waals surface area contributed by atoms with Crippen LogP contribution >= 0.6 is 11.3 Å². The van der Waals surface area contributed by atoms with Gasteiger partial charge in [0.2, 0.25) is 0 Å². The van der Waals surface area contributed by atoms with Gasteiger partial charge in [-0.3, -0.25) is 14.8 Å². The summed E-state index contributed by atoms with van der Waals surface area (Å²) in [6.07, 6.45) is 10.5. The van der Waals surface area contributed by atoms with Gasteiger partial charge in [0.1, 0.15) is 4.88 Å². The normalized spacial score (nSPS) is 15.3. The van der Waals surface area contributed by atoms with E-state index in [1.54, 1.807) is 17.9 Å². The van der Waals surface area contributed by atoms with Gasteiger partial charge in [0.15, 0.2) is 5.82 Å². The number of rotatable bonds is 4. The topological polar surface area (TPSA) is 67.8 Å². The third kappa shape index (κ3) is 3.33. The maximum Gasteiger partial charge on any atom is 0.268 e. The second kappa shape index (κ2) is 7.50. The number of hydrogen-bond acceptors (Lipinski definition) is 5. The molecule has 4 rings (SSSR count). The summed E-state index contributed by atoms with van der Waals surface area (Å²) in [5, 5.41) is 2.84. The van der Waals surface area contributed by atoms with Crippen LogP contribution in [0.25, 0.3) is 11.0 Å². The van der Waals surface area contributed by atoms with Crippen LogP contribution < -0.4 is 5.32 Å². The molecular weight excluding hydrogens is 344 g/mol. The molecule has 1 aliphatic carbocycles. The Morgan fingerprint density at radius 3 is 2.77 bits per heavy atom. The van der Waals surface area contributed by atoms with Crippen LogP contribution in [-0.4, -0.2) is 20.9 Å². The van der Waals surface area contributed by atoms with Crippen molar-refractivity contribution < 1.29 is 4.79 Å². The molecule has 5 nitrogen and oxygen atoms in total. The van der Waals surface area contributed by atoms with Crippen molar-refractivity contribution in [3.63, 3.8) is 0 Å². The van der Waals surface area contributed by atoms with Gasteiger partial charge in [0.05, 0.1) is 28.9 Å². The third-order valence-electron chi connectivity index (χ3n) is 5.14. The number of aryl methyl sites for hydroxylation is 1. The minimum atomic E-state index is -0.192. The largest absolute Gasteiger partial charge is 0.304 e. The van der Waals surface area contributed by atoms with E-state index >= 15 is 0 Å². The number of aromatic nitrogens is 3. The Balaban J connectivity index is 1.70. The lowest BCUT2D eigenvalue weighted by molar-refractivity contribution is 0.103. The average molecular weight is 366 g/mol. The molecular formula is C20H22N4OS. The molecule has 1 aliphatic rings. The Kier molecular flexibility index (Phi) is 4.93. The highest BCUT2D eigenvalue weighted by atomic mass is 32.1. The molecule has 26 heavy (non-hydrogen) atoms. The first-order chi connectivity index (χ1) is 12.8. The third-order valence-corrected chi connectivity index (χ3v) is 5.91. The van der Waals surface area contributed by atoms with E-state index in [1.807, 2.05) is 0 Å². The first kappa shape index (κ1) is 17.1. The SMILES string of the molecule is CCc1ccc(C2CCCCC2)c2ncc(NC(=O)c3cncs3)nc12. The van der Waals surface area contributed by atoms with E-state index in [1.165, 1.54) is 54.6 Å². The Labute approximate surface area is 156 Å². The molecule has 1 saturated carbocycles. The van der Waals surface area contributed by atoms with Gasteiger partial charge in [-0.25, -0.2) is 4.98 Å². The van der Waals surface area contributed by atoms with Crippen molar-refractivity contribution in [2.24, 2.45) is 0 Å². The van der Waals surface area contributed by atoms with Gasteiger partial charge in [0.25, 0.3) is 5.91 Å². The Morgan fingerprint density at radius 2 is 2.04 bits per heavy atom. The van der Waals surface area contributed by atoms with Crippen molar-refractivity contribution in [2.45, 2.75) is 51.4 Å². The van der Waals surface area contributed by atoms with Crippen LogP contribution in [0.1, 0.15) is 65.7 Å². The summed E-state index contributed by atoms with van der Waals surface area (Å²) in [5.41, 5.74) is 6.03. The zero-order chi connectivity index (χ0) is 17.9. The zero-order valence-corrected chi connectivity index (χ0v) is 15.7. The molecule has 0 bridgehead atoms. The monoisotopic (exact) mass is 366 g/mol. The molecule has 1 aromatic carbocycles. The predicted octanol–water partition coefficient (Wildman–Crippen LogP) is 4.95. The molecule has 0 spiro atoms. The summed E-state index contributed by atoms with van der Waals surface area (Å²) in [6, 6.07) is 4.41. The minimum Gasteiger partial charge on any atom is -0.304 e. The number of fused-ring (bicyclic) bond motifs is 1. The molecule has 0 unspecified atom stereocenters. The van der Waals surface area contributed by atoms with Gasteiger partial charge in [-0.2, -0.15) is 0 Å². The summed E-state index contributed by atoms with van der Waals surface area (Å²) in [7, 11) is 0. The highest BCUT2D eigenvalue weighted by molar-refractivity contribution is 7.11. The van der Waals surface area contributed by atoms with Crippen molar-refractivity contribution in [1.29, 1.82) is 0 Å². The van der Waals surface area contributed by atoms with Crippen LogP contribution in [0.4, 0.5) is 5.82 Å². The highest BCUT2D eigenvalue weighted by Crippen LogP contribution is 2.36. The fourth-order valence-electron chi connectivity index (χ4n) is 3.77. The van der Waals surface area contributed by atoms with Crippen molar-refractivity contribution in [2.75, 3.05) is 5.32 Å². The zero-order valence-electron chi connectivity index (χ0n) is 14.9. The summed E-state index contributed by atoms with van der Waals surface area (Å²) in [5.74, 6) is 0.873. The quantitative estimate of drug-likeness (QED) is 0.709. The molecule has 2 aromatic heterocycles. The summed E-state index contributed by atoms with van der Waals surface area (Å²) in [6.45, 7) is 2.12. The standard InChI is InChI=1S/C20H22N4OS/c1-2-13-8-9-15(14-6-4-3-5-7-14)19-18(13)23-17(11-22-19)24-20(25)16-10-21-12-26-16/h8-12,14H,2-7H2,1H3,(H,23,24,25). The minimum absolute atomic E-state index is 0.192. The number of carbonyl (C=O) groups excluding carboxylic acids is 1.